The lowest BCUT2D eigenvalue weighted by molar-refractivity contribution is 0.331. The van der Waals surface area contributed by atoms with Gasteiger partial charge in [-0.15, -0.1) is 24.0 Å². The van der Waals surface area contributed by atoms with E-state index in [2.05, 4.69) is 14.8 Å². The minimum Gasteiger partial charge on any atom is -0.370 e. The Bertz CT molecular complexity index is 269. The molecule has 2 rings (SSSR count). The lowest BCUT2D eigenvalue weighted by Crippen LogP contribution is -2.38. The Morgan fingerprint density at radius 2 is 1.45 bits per heavy atom. The molecule has 0 aliphatic carbocycles. The Hall–Kier alpha value is -0.0400. The monoisotopic (exact) mass is 394 g/mol. The van der Waals surface area contributed by atoms with Gasteiger partial charge in [0, 0.05) is 19.6 Å². The van der Waals surface area contributed by atoms with Crippen LogP contribution in [0.1, 0.15) is 51.4 Å². The van der Waals surface area contributed by atoms with E-state index in [4.69, 9.17) is 5.73 Å². The molecule has 0 bridgehead atoms. The Morgan fingerprint density at radius 3 is 2.10 bits per heavy atom. The highest BCUT2D eigenvalue weighted by atomic mass is 127. The van der Waals surface area contributed by atoms with Gasteiger partial charge in [-0.3, -0.25) is 4.99 Å². The standard InChI is InChI=1S/C15H30N4.HI/c16-15(19-13-4-1-2-5-14-19)17-9-3-6-10-18-11-7-8-12-18;/h1-14H2,(H2,16,17);1H. The van der Waals surface area contributed by atoms with Gasteiger partial charge in [0.1, 0.15) is 0 Å². The van der Waals surface area contributed by atoms with Gasteiger partial charge in [-0.25, -0.2) is 0 Å². The molecule has 118 valence electrons. The van der Waals surface area contributed by atoms with E-state index in [1.165, 1.54) is 71.0 Å². The average Bonchev–Trinajstić information content (AvgIpc) is 2.78. The number of aliphatic imine (C=N–C) groups is 1. The Morgan fingerprint density at radius 1 is 0.850 bits per heavy atom. The molecule has 0 aromatic rings. The molecule has 0 saturated carbocycles. The predicted molar refractivity (Wildman–Crippen MR) is 96.9 cm³/mol. The van der Waals surface area contributed by atoms with Crippen molar-refractivity contribution in [2.24, 2.45) is 10.7 Å². The lowest BCUT2D eigenvalue weighted by Gasteiger charge is -2.21. The zero-order valence-electron chi connectivity index (χ0n) is 12.7. The van der Waals surface area contributed by atoms with Crippen LogP contribution in [0.4, 0.5) is 0 Å². The van der Waals surface area contributed by atoms with Crippen LogP contribution in [0.25, 0.3) is 0 Å². The van der Waals surface area contributed by atoms with Gasteiger partial charge in [0.15, 0.2) is 5.96 Å². The summed E-state index contributed by atoms with van der Waals surface area (Å²) < 4.78 is 0. The lowest BCUT2D eigenvalue weighted by atomic mass is 10.2. The number of likely N-dealkylation sites (tertiary alicyclic amines) is 2. The molecule has 4 nitrogen and oxygen atoms in total. The minimum atomic E-state index is 0. The fraction of sp³-hybridized carbons (Fsp3) is 0.933. The maximum absolute atomic E-state index is 6.09. The van der Waals surface area contributed by atoms with E-state index >= 15 is 0 Å². The highest BCUT2D eigenvalue weighted by molar-refractivity contribution is 14.0. The zero-order valence-corrected chi connectivity index (χ0v) is 15.1. The number of guanidine groups is 1. The van der Waals surface area contributed by atoms with Gasteiger partial charge < -0.3 is 15.5 Å². The van der Waals surface area contributed by atoms with Gasteiger partial charge in [0.2, 0.25) is 0 Å². The normalized spacial score (nSPS) is 21.6. The molecular formula is C15H31IN4. The summed E-state index contributed by atoms with van der Waals surface area (Å²) in [5.74, 6) is 0.781. The summed E-state index contributed by atoms with van der Waals surface area (Å²) >= 11 is 0. The van der Waals surface area contributed by atoms with Crippen LogP contribution in [-0.2, 0) is 0 Å². The van der Waals surface area contributed by atoms with E-state index in [9.17, 15) is 0 Å². The largest absolute Gasteiger partial charge is 0.370 e. The third-order valence-electron chi connectivity index (χ3n) is 4.28. The Kier molecular flexibility index (Phi) is 9.59. The molecule has 2 saturated heterocycles. The summed E-state index contributed by atoms with van der Waals surface area (Å²) in [5.41, 5.74) is 6.09. The van der Waals surface area contributed by atoms with Crippen molar-refractivity contribution in [3.63, 3.8) is 0 Å². The molecule has 5 heteroatoms. The van der Waals surface area contributed by atoms with E-state index in [1.807, 2.05) is 0 Å². The number of unbranched alkanes of at least 4 members (excludes halogenated alkanes) is 1. The van der Waals surface area contributed by atoms with Crippen LogP contribution in [0.2, 0.25) is 0 Å². The first-order valence-electron chi connectivity index (χ1n) is 8.13. The van der Waals surface area contributed by atoms with Crippen LogP contribution >= 0.6 is 24.0 Å². The average molecular weight is 394 g/mol. The topological polar surface area (TPSA) is 44.9 Å². The van der Waals surface area contributed by atoms with Gasteiger partial charge in [0.05, 0.1) is 0 Å². The predicted octanol–water partition coefficient (Wildman–Crippen LogP) is 2.67. The molecule has 0 aromatic carbocycles. The molecule has 0 aromatic heterocycles. The number of nitrogens with two attached hydrogens (primary N) is 1. The number of nitrogens with zero attached hydrogens (tertiary/aromatic N) is 3. The Labute approximate surface area is 141 Å². The maximum Gasteiger partial charge on any atom is 0.191 e. The molecule has 2 fully saturated rings. The smallest absolute Gasteiger partial charge is 0.191 e. The SMILES string of the molecule is I.NC(=NCCCCN1CCCC1)N1CCCCCC1. The second-order valence-electron chi connectivity index (χ2n) is 5.90. The van der Waals surface area contributed by atoms with E-state index < -0.39 is 0 Å². The number of rotatable bonds is 5. The van der Waals surface area contributed by atoms with Crippen LogP contribution in [-0.4, -0.2) is 55.0 Å². The van der Waals surface area contributed by atoms with Gasteiger partial charge in [0.25, 0.3) is 0 Å². The van der Waals surface area contributed by atoms with E-state index in [0.717, 1.165) is 25.6 Å². The van der Waals surface area contributed by atoms with Crippen molar-refractivity contribution in [1.82, 2.24) is 9.80 Å². The van der Waals surface area contributed by atoms with Gasteiger partial charge in [-0.1, -0.05) is 12.8 Å². The minimum absolute atomic E-state index is 0. The summed E-state index contributed by atoms with van der Waals surface area (Å²) in [6.07, 6.45) is 10.4. The molecule has 0 amide bonds. The molecule has 0 unspecified atom stereocenters. The van der Waals surface area contributed by atoms with E-state index in [-0.39, 0.29) is 24.0 Å². The number of halogens is 1. The van der Waals surface area contributed by atoms with Crippen LogP contribution < -0.4 is 5.73 Å². The van der Waals surface area contributed by atoms with Crippen LogP contribution in [0.3, 0.4) is 0 Å². The van der Waals surface area contributed by atoms with Crippen molar-refractivity contribution in [1.29, 1.82) is 0 Å². The number of hydrogen-bond acceptors (Lipinski definition) is 2. The molecule has 0 radical (unpaired) electrons. The van der Waals surface area contributed by atoms with Crippen molar-refractivity contribution in [3.8, 4) is 0 Å². The van der Waals surface area contributed by atoms with Crippen molar-refractivity contribution >= 4 is 29.9 Å². The highest BCUT2D eigenvalue weighted by Gasteiger charge is 2.11. The second-order valence-corrected chi connectivity index (χ2v) is 5.90. The van der Waals surface area contributed by atoms with Crippen LogP contribution in [0.15, 0.2) is 4.99 Å². The molecule has 2 N–H and O–H groups in total. The Balaban J connectivity index is 0.00000200. The first-order chi connectivity index (χ1) is 9.36. The molecule has 2 heterocycles. The molecule has 0 spiro atoms. The van der Waals surface area contributed by atoms with Crippen molar-refractivity contribution in [3.05, 3.63) is 0 Å². The van der Waals surface area contributed by atoms with Gasteiger partial charge >= 0.3 is 0 Å². The van der Waals surface area contributed by atoms with E-state index in [0.29, 0.717) is 0 Å². The fourth-order valence-corrected chi connectivity index (χ4v) is 3.05. The first kappa shape index (κ1) is 18.0. The van der Waals surface area contributed by atoms with Crippen molar-refractivity contribution < 1.29 is 0 Å². The van der Waals surface area contributed by atoms with Gasteiger partial charge in [-0.05, 0) is 58.2 Å². The molecule has 20 heavy (non-hydrogen) atoms. The zero-order chi connectivity index (χ0) is 13.3. The summed E-state index contributed by atoms with van der Waals surface area (Å²) in [6.45, 7) is 6.96. The van der Waals surface area contributed by atoms with Crippen LogP contribution in [0, 0.1) is 0 Å². The second kappa shape index (κ2) is 10.7. The highest BCUT2D eigenvalue weighted by Crippen LogP contribution is 2.10. The van der Waals surface area contributed by atoms with Gasteiger partial charge in [-0.2, -0.15) is 0 Å². The number of hydrogen-bond donors (Lipinski definition) is 1. The molecule has 0 atom stereocenters. The van der Waals surface area contributed by atoms with E-state index in [1.54, 1.807) is 0 Å². The first-order valence-corrected chi connectivity index (χ1v) is 8.13. The third-order valence-corrected chi connectivity index (χ3v) is 4.28. The third kappa shape index (κ3) is 6.61. The van der Waals surface area contributed by atoms with Crippen LogP contribution in [0.5, 0.6) is 0 Å². The summed E-state index contributed by atoms with van der Waals surface area (Å²) in [7, 11) is 0. The van der Waals surface area contributed by atoms with Crippen molar-refractivity contribution in [2.45, 2.75) is 51.4 Å². The van der Waals surface area contributed by atoms with Crippen molar-refractivity contribution in [2.75, 3.05) is 39.3 Å². The summed E-state index contributed by atoms with van der Waals surface area (Å²) in [5, 5.41) is 0. The molecule has 2 aliphatic heterocycles. The fourth-order valence-electron chi connectivity index (χ4n) is 3.05. The summed E-state index contributed by atoms with van der Waals surface area (Å²) in [4.78, 5) is 9.40. The quantitative estimate of drug-likeness (QED) is 0.338. The molecular weight excluding hydrogens is 363 g/mol. The summed E-state index contributed by atoms with van der Waals surface area (Å²) in [6, 6.07) is 0. The maximum atomic E-state index is 6.09. The molecule has 2 aliphatic rings.